The van der Waals surface area contributed by atoms with Gasteiger partial charge in [0.2, 0.25) is 0 Å². The molecule has 1 saturated carbocycles. The SMILES string of the molecule is CCNC(=NCCCc1nnc(SC)n1C1CCCC1)N1CCC(C(=O)OC)CC1. The van der Waals surface area contributed by atoms with Gasteiger partial charge >= 0.3 is 5.97 Å². The van der Waals surface area contributed by atoms with Gasteiger partial charge in [-0.2, -0.15) is 0 Å². The number of esters is 1. The van der Waals surface area contributed by atoms with Crippen LogP contribution < -0.4 is 5.32 Å². The predicted molar refractivity (Wildman–Crippen MR) is 120 cm³/mol. The van der Waals surface area contributed by atoms with E-state index in [1.54, 1.807) is 11.8 Å². The number of methoxy groups -OCH3 is 1. The fourth-order valence-corrected chi connectivity index (χ4v) is 5.06. The van der Waals surface area contributed by atoms with Crippen molar-refractivity contribution < 1.29 is 9.53 Å². The van der Waals surface area contributed by atoms with Crippen molar-refractivity contribution in [1.29, 1.82) is 0 Å². The minimum Gasteiger partial charge on any atom is -0.469 e. The van der Waals surface area contributed by atoms with Crippen molar-refractivity contribution in [3.05, 3.63) is 5.82 Å². The van der Waals surface area contributed by atoms with E-state index >= 15 is 0 Å². The van der Waals surface area contributed by atoms with Crippen molar-refractivity contribution in [2.45, 2.75) is 69.5 Å². The summed E-state index contributed by atoms with van der Waals surface area (Å²) in [4.78, 5) is 18.9. The maximum atomic E-state index is 11.8. The third-order valence-electron chi connectivity index (χ3n) is 6.09. The van der Waals surface area contributed by atoms with Crippen molar-refractivity contribution in [3.8, 4) is 0 Å². The number of piperidine rings is 1. The molecule has 0 aromatic carbocycles. The fraction of sp³-hybridized carbons (Fsp3) is 0.810. The summed E-state index contributed by atoms with van der Waals surface area (Å²) < 4.78 is 7.27. The lowest BCUT2D eigenvalue weighted by molar-refractivity contribution is -0.146. The summed E-state index contributed by atoms with van der Waals surface area (Å²) in [7, 11) is 1.47. The molecule has 0 spiro atoms. The monoisotopic (exact) mass is 436 g/mol. The molecule has 0 unspecified atom stereocenters. The maximum absolute atomic E-state index is 11.8. The van der Waals surface area contributed by atoms with Crippen LogP contribution in [-0.4, -0.2) is 71.1 Å². The van der Waals surface area contributed by atoms with Crippen LogP contribution in [0.5, 0.6) is 0 Å². The molecule has 8 nitrogen and oxygen atoms in total. The van der Waals surface area contributed by atoms with Crippen molar-refractivity contribution in [2.75, 3.05) is 39.5 Å². The Morgan fingerprint density at radius 2 is 1.97 bits per heavy atom. The number of likely N-dealkylation sites (tertiary alicyclic amines) is 1. The highest BCUT2D eigenvalue weighted by Gasteiger charge is 2.27. The third kappa shape index (κ3) is 5.68. The van der Waals surface area contributed by atoms with Crippen LogP contribution in [0.3, 0.4) is 0 Å². The number of nitrogens with one attached hydrogen (secondary N) is 1. The largest absolute Gasteiger partial charge is 0.469 e. The normalized spacial score (nSPS) is 18.8. The van der Waals surface area contributed by atoms with Gasteiger partial charge in [0, 0.05) is 38.6 Å². The molecule has 1 aromatic heterocycles. The number of guanidine groups is 1. The van der Waals surface area contributed by atoms with E-state index in [1.807, 2.05) is 0 Å². The first-order valence-electron chi connectivity index (χ1n) is 11.3. The first-order chi connectivity index (χ1) is 14.7. The quantitative estimate of drug-likeness (QED) is 0.220. The van der Waals surface area contributed by atoms with E-state index < -0.39 is 0 Å². The molecule has 168 valence electrons. The minimum atomic E-state index is -0.0902. The molecule has 0 radical (unpaired) electrons. The first-order valence-corrected chi connectivity index (χ1v) is 12.5. The molecular formula is C21H36N6O2S. The van der Waals surface area contributed by atoms with Gasteiger partial charge in [0.1, 0.15) is 5.82 Å². The summed E-state index contributed by atoms with van der Waals surface area (Å²) in [6.45, 7) is 5.34. The van der Waals surface area contributed by atoms with Gasteiger partial charge in [0.25, 0.3) is 0 Å². The molecule has 9 heteroatoms. The molecule has 2 heterocycles. The topological polar surface area (TPSA) is 84.6 Å². The molecule has 1 aliphatic carbocycles. The van der Waals surface area contributed by atoms with Crippen LogP contribution in [0.2, 0.25) is 0 Å². The molecule has 1 aliphatic heterocycles. The van der Waals surface area contributed by atoms with E-state index in [9.17, 15) is 4.79 Å². The molecule has 3 rings (SSSR count). The Balaban J connectivity index is 1.54. The van der Waals surface area contributed by atoms with Gasteiger partial charge in [-0.15, -0.1) is 10.2 Å². The summed E-state index contributed by atoms with van der Waals surface area (Å²) in [5, 5.41) is 13.3. The Kier molecular flexibility index (Phi) is 8.84. The summed E-state index contributed by atoms with van der Waals surface area (Å²) in [6, 6.07) is 0.564. The van der Waals surface area contributed by atoms with Crippen LogP contribution in [0, 0.1) is 5.92 Å². The minimum absolute atomic E-state index is 0.0155. The van der Waals surface area contributed by atoms with Crippen molar-refractivity contribution in [2.24, 2.45) is 10.9 Å². The van der Waals surface area contributed by atoms with Crippen LogP contribution in [0.1, 0.15) is 63.7 Å². The lowest BCUT2D eigenvalue weighted by Gasteiger charge is -2.33. The summed E-state index contributed by atoms with van der Waals surface area (Å²) in [5.74, 6) is 1.97. The Labute approximate surface area is 184 Å². The standard InChI is InChI=1S/C21H36N6O2S/c1-4-22-20(26-14-11-16(12-15-26)19(28)29-2)23-13-7-10-18-24-25-21(30-3)27(18)17-8-5-6-9-17/h16-17H,4-15H2,1-3H3,(H,22,23). The average molecular weight is 437 g/mol. The second-order valence-corrected chi connectivity index (χ2v) is 8.81. The van der Waals surface area contributed by atoms with E-state index in [-0.39, 0.29) is 11.9 Å². The number of carbonyl (C=O) groups excluding carboxylic acids is 1. The van der Waals surface area contributed by atoms with E-state index in [1.165, 1.54) is 32.8 Å². The lowest BCUT2D eigenvalue weighted by atomic mass is 9.97. The molecule has 1 N–H and O–H groups in total. The number of rotatable bonds is 8. The van der Waals surface area contributed by atoms with Gasteiger partial charge in [-0.3, -0.25) is 9.79 Å². The highest BCUT2D eigenvalue weighted by atomic mass is 32.2. The highest BCUT2D eigenvalue weighted by Crippen LogP contribution is 2.33. The highest BCUT2D eigenvalue weighted by molar-refractivity contribution is 7.98. The molecule has 2 fully saturated rings. The Morgan fingerprint density at radius 3 is 2.60 bits per heavy atom. The Morgan fingerprint density at radius 1 is 1.23 bits per heavy atom. The number of aromatic nitrogens is 3. The van der Waals surface area contributed by atoms with E-state index in [0.717, 1.165) is 68.8 Å². The average Bonchev–Trinajstić information content (AvgIpc) is 3.44. The number of hydrogen-bond donors (Lipinski definition) is 1. The van der Waals surface area contributed by atoms with Crippen molar-refractivity contribution in [1.82, 2.24) is 25.0 Å². The molecule has 0 atom stereocenters. The van der Waals surface area contributed by atoms with Gasteiger partial charge < -0.3 is 19.5 Å². The van der Waals surface area contributed by atoms with Crippen LogP contribution in [0.25, 0.3) is 0 Å². The first kappa shape index (κ1) is 22.9. The lowest BCUT2D eigenvalue weighted by Crippen LogP contribution is -2.46. The molecular weight excluding hydrogens is 400 g/mol. The maximum Gasteiger partial charge on any atom is 0.308 e. The van der Waals surface area contributed by atoms with Gasteiger partial charge in [-0.05, 0) is 45.3 Å². The van der Waals surface area contributed by atoms with Crippen molar-refractivity contribution in [3.63, 3.8) is 0 Å². The van der Waals surface area contributed by atoms with Gasteiger partial charge in [0.05, 0.1) is 13.0 Å². The smallest absolute Gasteiger partial charge is 0.308 e. The van der Waals surface area contributed by atoms with E-state index in [0.29, 0.717) is 6.04 Å². The zero-order valence-corrected chi connectivity index (χ0v) is 19.4. The number of hydrogen-bond acceptors (Lipinski definition) is 6. The zero-order valence-electron chi connectivity index (χ0n) is 18.6. The second kappa shape index (κ2) is 11.6. The van der Waals surface area contributed by atoms with Gasteiger partial charge in [-0.25, -0.2) is 0 Å². The molecule has 30 heavy (non-hydrogen) atoms. The number of ether oxygens (including phenoxy) is 1. The van der Waals surface area contributed by atoms with Crippen LogP contribution in [0.15, 0.2) is 10.1 Å². The summed E-state index contributed by atoms with van der Waals surface area (Å²) in [5.41, 5.74) is 0. The Bertz CT molecular complexity index is 708. The third-order valence-corrected chi connectivity index (χ3v) is 6.74. The molecule has 1 saturated heterocycles. The summed E-state index contributed by atoms with van der Waals surface area (Å²) in [6.07, 6.45) is 10.7. The number of nitrogens with zero attached hydrogens (tertiary/aromatic N) is 5. The summed E-state index contributed by atoms with van der Waals surface area (Å²) >= 11 is 1.69. The molecule has 1 aromatic rings. The molecule has 0 bridgehead atoms. The predicted octanol–water partition coefficient (Wildman–Crippen LogP) is 2.90. The van der Waals surface area contributed by atoms with Gasteiger partial charge in [0.15, 0.2) is 11.1 Å². The second-order valence-electron chi connectivity index (χ2n) is 8.03. The Hall–Kier alpha value is -1.77. The van der Waals surface area contributed by atoms with Gasteiger partial charge in [-0.1, -0.05) is 24.6 Å². The fourth-order valence-electron chi connectivity index (χ4n) is 4.49. The van der Waals surface area contributed by atoms with Crippen LogP contribution >= 0.6 is 11.8 Å². The zero-order chi connectivity index (χ0) is 21.3. The number of carbonyl (C=O) groups is 1. The number of aryl methyl sites for hydroxylation is 1. The van der Waals surface area contributed by atoms with E-state index in [4.69, 9.17) is 9.73 Å². The molecule has 2 aliphatic rings. The van der Waals surface area contributed by atoms with Crippen LogP contribution in [-0.2, 0) is 16.0 Å². The van der Waals surface area contributed by atoms with Crippen LogP contribution in [0.4, 0.5) is 0 Å². The number of aliphatic imine (C=N–C) groups is 1. The molecule has 0 amide bonds. The number of thioether (sulfide) groups is 1. The van der Waals surface area contributed by atoms with Crippen molar-refractivity contribution >= 4 is 23.7 Å². The van der Waals surface area contributed by atoms with E-state index in [2.05, 4.69) is 38.2 Å².